The van der Waals surface area contributed by atoms with E-state index in [0.29, 0.717) is 17.2 Å². The minimum Gasteiger partial charge on any atom is -0.504 e. The van der Waals surface area contributed by atoms with Crippen molar-refractivity contribution in [3.05, 3.63) is 87.3 Å². The molecule has 16 heteroatoms. The molecule has 1 saturated carbocycles. The number of hydrogen-bond donors (Lipinski definition) is 1. The first-order valence-corrected chi connectivity index (χ1v) is 17.1. The molecule has 4 aliphatic rings. The number of hydrazine groups is 1. The number of fused-ring (bicyclic) bond motifs is 4. The molecule has 0 radical (unpaired) electrons. The molecule has 2 saturated heterocycles. The summed E-state index contributed by atoms with van der Waals surface area (Å²) in [6.07, 6.45) is -3.04. The predicted octanol–water partition coefficient (Wildman–Crippen LogP) is 6.93. The van der Waals surface area contributed by atoms with Gasteiger partial charge in [-0.25, -0.2) is 14.3 Å². The van der Waals surface area contributed by atoms with Crippen molar-refractivity contribution in [3.8, 4) is 11.5 Å². The number of aromatic hydroxyl groups is 1. The number of benzene rings is 2. The molecule has 2 aliphatic carbocycles. The molecule has 0 unspecified atom stereocenters. The van der Waals surface area contributed by atoms with Gasteiger partial charge in [0.25, 0.3) is 11.8 Å². The van der Waals surface area contributed by atoms with Crippen LogP contribution < -0.4 is 14.6 Å². The van der Waals surface area contributed by atoms with E-state index in [2.05, 4.69) is 4.98 Å². The number of anilines is 2. The second-order valence-electron chi connectivity index (χ2n) is 13.4. The number of alkyl halides is 3. The Balaban J connectivity index is 1.34. The number of pyridine rings is 1. The minimum absolute atomic E-state index is 0.0362. The SMILES string of the molecule is CCOc1cc([C@H]2C3=CC[C@@H]4C(=O)N(N(C)c5nc(C(F)(F)F)ccc5Cl)C(=O)[C@@H]4[C@@H]3C[C@H]3C(=O)N(c4ccc(F)c(Cl)c4)C(=O)[C@@]23C)ccc1O. The second-order valence-corrected chi connectivity index (χ2v) is 14.2. The van der Waals surface area contributed by atoms with Gasteiger partial charge >= 0.3 is 6.18 Å². The molecule has 0 bridgehead atoms. The zero-order valence-electron chi connectivity index (χ0n) is 27.7. The van der Waals surface area contributed by atoms with Crippen molar-refractivity contribution < 1.29 is 46.6 Å². The smallest absolute Gasteiger partial charge is 0.433 e. The highest BCUT2D eigenvalue weighted by molar-refractivity contribution is 6.33. The summed E-state index contributed by atoms with van der Waals surface area (Å²) in [7, 11) is 1.22. The Kier molecular flexibility index (Phi) is 8.56. The number of ether oxygens (including phenoxy) is 1. The van der Waals surface area contributed by atoms with Gasteiger partial charge in [-0.2, -0.15) is 18.2 Å². The van der Waals surface area contributed by atoms with Crippen molar-refractivity contribution in [1.82, 2.24) is 9.99 Å². The number of nitrogens with zero attached hydrogens (tertiary/aromatic N) is 4. The number of phenols is 1. The molecular weight excluding hydrogens is 731 g/mol. The highest BCUT2D eigenvalue weighted by Crippen LogP contribution is 2.64. The highest BCUT2D eigenvalue weighted by Gasteiger charge is 2.68. The second kappa shape index (κ2) is 12.5. The molecule has 6 atom stereocenters. The number of halogens is 6. The van der Waals surface area contributed by atoms with Crippen LogP contribution in [-0.2, 0) is 25.4 Å². The van der Waals surface area contributed by atoms with Crippen molar-refractivity contribution in [1.29, 1.82) is 0 Å². The first-order valence-electron chi connectivity index (χ1n) is 16.3. The van der Waals surface area contributed by atoms with Crippen molar-refractivity contribution in [3.63, 3.8) is 0 Å². The van der Waals surface area contributed by atoms with E-state index in [9.17, 15) is 41.8 Å². The van der Waals surface area contributed by atoms with Crippen LogP contribution in [0.4, 0.5) is 29.1 Å². The number of phenolic OH excluding ortho intramolecular Hbond substituents is 1. The Morgan fingerprint density at radius 3 is 2.40 bits per heavy atom. The topological polar surface area (TPSA) is 120 Å². The third kappa shape index (κ3) is 5.24. The lowest BCUT2D eigenvalue weighted by atomic mass is 9.51. The van der Waals surface area contributed by atoms with Crippen LogP contribution >= 0.6 is 23.2 Å². The summed E-state index contributed by atoms with van der Waals surface area (Å²) in [6.45, 7) is 3.58. The van der Waals surface area contributed by atoms with Crippen LogP contribution in [0.1, 0.15) is 43.9 Å². The zero-order valence-corrected chi connectivity index (χ0v) is 29.3. The number of carbonyl (C=O) groups is 4. The number of hydrogen-bond acceptors (Lipinski definition) is 8. The first-order chi connectivity index (χ1) is 24.5. The number of rotatable bonds is 6. The number of allylic oxidation sites excluding steroid dienone is 2. The van der Waals surface area contributed by atoms with Gasteiger partial charge < -0.3 is 9.84 Å². The van der Waals surface area contributed by atoms with Crippen molar-refractivity contribution in [2.75, 3.05) is 23.6 Å². The van der Waals surface area contributed by atoms with Crippen molar-refractivity contribution in [2.24, 2.45) is 29.1 Å². The Morgan fingerprint density at radius 2 is 1.73 bits per heavy atom. The van der Waals surface area contributed by atoms with Crippen LogP contribution in [0.5, 0.6) is 11.5 Å². The third-order valence-corrected chi connectivity index (χ3v) is 11.3. The molecule has 10 nitrogen and oxygen atoms in total. The average Bonchev–Trinajstić information content (AvgIpc) is 3.46. The lowest BCUT2D eigenvalue weighted by Gasteiger charge is -2.49. The Hall–Kier alpha value is -4.69. The minimum atomic E-state index is -4.83. The molecular formula is C36H30Cl2F4N4O6. The third-order valence-electron chi connectivity index (χ3n) is 10.8. The van der Waals surface area contributed by atoms with Gasteiger partial charge in [-0.05, 0) is 80.6 Å². The molecule has 7 rings (SSSR count). The molecule has 4 amide bonds. The van der Waals surface area contributed by atoms with E-state index in [0.717, 1.165) is 27.1 Å². The van der Waals surface area contributed by atoms with E-state index in [4.69, 9.17) is 27.9 Å². The molecule has 2 aromatic carbocycles. The van der Waals surface area contributed by atoms with Crippen LogP contribution in [0.2, 0.25) is 10.0 Å². The summed E-state index contributed by atoms with van der Waals surface area (Å²) in [4.78, 5) is 61.9. The summed E-state index contributed by atoms with van der Waals surface area (Å²) in [5, 5.41) is 11.7. The van der Waals surface area contributed by atoms with Crippen molar-refractivity contribution >= 4 is 58.3 Å². The van der Waals surface area contributed by atoms with E-state index in [-0.39, 0.29) is 46.7 Å². The van der Waals surface area contributed by atoms with Gasteiger partial charge in [-0.3, -0.25) is 24.2 Å². The van der Waals surface area contributed by atoms with Gasteiger partial charge in [-0.1, -0.05) is 40.9 Å². The van der Waals surface area contributed by atoms with Crippen LogP contribution in [0.15, 0.2) is 60.2 Å². The molecule has 1 aromatic heterocycles. The van der Waals surface area contributed by atoms with Crippen LogP contribution in [0.25, 0.3) is 0 Å². The van der Waals surface area contributed by atoms with E-state index < -0.39 is 82.1 Å². The van der Waals surface area contributed by atoms with E-state index in [1.807, 2.05) is 0 Å². The Morgan fingerprint density at radius 1 is 1.00 bits per heavy atom. The van der Waals surface area contributed by atoms with Gasteiger partial charge in [0.1, 0.15) is 11.5 Å². The van der Waals surface area contributed by atoms with E-state index >= 15 is 0 Å². The zero-order chi connectivity index (χ0) is 37.6. The number of imide groups is 2. The average molecular weight is 762 g/mol. The molecule has 3 heterocycles. The lowest BCUT2D eigenvalue weighted by molar-refractivity contribution is -0.141. The summed E-state index contributed by atoms with van der Waals surface area (Å²) < 4.78 is 60.6. The largest absolute Gasteiger partial charge is 0.504 e. The molecule has 2 aliphatic heterocycles. The van der Waals surface area contributed by atoms with Gasteiger partial charge in [-0.15, -0.1) is 0 Å². The van der Waals surface area contributed by atoms with Crippen LogP contribution in [0.3, 0.4) is 0 Å². The maximum absolute atomic E-state index is 14.6. The van der Waals surface area contributed by atoms with Gasteiger partial charge in [0.2, 0.25) is 11.8 Å². The Labute approximate surface area is 304 Å². The normalized spacial score (nSPS) is 27.0. The predicted molar refractivity (Wildman–Crippen MR) is 180 cm³/mol. The monoisotopic (exact) mass is 760 g/mol. The summed E-state index contributed by atoms with van der Waals surface area (Å²) in [5.41, 5.74) is -1.59. The van der Waals surface area contributed by atoms with Crippen molar-refractivity contribution in [2.45, 2.75) is 38.8 Å². The molecule has 3 fully saturated rings. The lowest BCUT2D eigenvalue weighted by Crippen LogP contribution is -2.49. The number of amides is 4. The fourth-order valence-corrected chi connectivity index (χ4v) is 8.84. The van der Waals surface area contributed by atoms with Gasteiger partial charge in [0.05, 0.1) is 45.5 Å². The van der Waals surface area contributed by atoms with E-state index in [1.165, 1.54) is 25.2 Å². The maximum Gasteiger partial charge on any atom is 0.433 e. The quantitative estimate of drug-likeness (QED) is 0.163. The summed E-state index contributed by atoms with van der Waals surface area (Å²) in [5.74, 6) is -8.58. The van der Waals surface area contributed by atoms with Crippen LogP contribution in [-0.4, -0.2) is 52.4 Å². The summed E-state index contributed by atoms with van der Waals surface area (Å²) >= 11 is 12.3. The van der Waals surface area contributed by atoms with Gasteiger partial charge in [0.15, 0.2) is 17.3 Å². The Bertz CT molecular complexity index is 2100. The molecule has 3 aromatic rings. The number of aromatic nitrogens is 1. The molecule has 0 spiro atoms. The molecule has 272 valence electrons. The van der Waals surface area contributed by atoms with E-state index in [1.54, 1.807) is 32.1 Å². The highest BCUT2D eigenvalue weighted by atomic mass is 35.5. The fourth-order valence-electron chi connectivity index (χ4n) is 8.44. The summed E-state index contributed by atoms with van der Waals surface area (Å²) in [6, 6.07) is 9.72. The number of carbonyl (C=O) groups excluding carboxylic acids is 4. The molecule has 52 heavy (non-hydrogen) atoms. The first kappa shape index (κ1) is 35.7. The molecule has 1 N–H and O–H groups in total. The van der Waals surface area contributed by atoms with Crippen LogP contribution in [0, 0.1) is 34.9 Å². The maximum atomic E-state index is 14.6. The standard InChI is InChI=1S/C36H30Cl2F4N4O6/c1-4-52-26-13-16(5-11-25(26)47)29-18-7-8-19-28(33(50)46(31(19)48)44(3)30-22(37)9-12-27(43-30)36(40,41)42)20(18)15-21-32(49)45(34(51)35(21,29)2)17-6-10-24(39)23(38)14-17/h5-7,9-14,19-21,28-29,47H,4,8,15H2,1-3H3/t19-,20+,21-,28-,29-,35+/m0/s1. The van der Waals surface area contributed by atoms with Gasteiger partial charge in [0, 0.05) is 13.0 Å². The fraction of sp³-hybridized carbons (Fsp3) is 0.361.